The lowest BCUT2D eigenvalue weighted by atomic mass is 10.3. The van der Waals surface area contributed by atoms with Gasteiger partial charge in [-0.3, -0.25) is 0 Å². The van der Waals surface area contributed by atoms with Crippen LogP contribution in [0.1, 0.15) is 15.1 Å². The maximum atomic E-state index is 8.12. The first kappa shape index (κ1) is 3.19. The van der Waals surface area contributed by atoms with E-state index in [9.17, 15) is 0 Å². The molecule has 0 unspecified atom stereocenters. The van der Waals surface area contributed by atoms with Gasteiger partial charge in [-0.15, -0.1) is 0 Å². The molecular weight excluding hydrogens is 242 g/mol. The first-order chi connectivity index (χ1) is 11.0. The van der Waals surface area contributed by atoms with Gasteiger partial charge in [0, 0.05) is 47.5 Å². The van der Waals surface area contributed by atoms with E-state index < -0.39 is 33.0 Å². The Hall–Kier alpha value is -0.610. The molecule has 2 rings (SSSR count). The molecule has 1 aromatic rings. The Balaban J connectivity index is 2.80. The zero-order valence-electron chi connectivity index (χ0n) is 18.0. The van der Waals surface area contributed by atoms with E-state index in [1.54, 1.807) is 0 Å². The van der Waals surface area contributed by atoms with Gasteiger partial charge in [-0.25, -0.2) is 4.98 Å². The predicted molar refractivity (Wildman–Crippen MR) is 61.6 cm³/mol. The molecule has 14 heavy (non-hydrogen) atoms. The zero-order chi connectivity index (χ0) is 19.6. The summed E-state index contributed by atoms with van der Waals surface area (Å²) in [5.41, 5.74) is -0.199. The molecule has 0 amide bonds. The van der Waals surface area contributed by atoms with Gasteiger partial charge in [0.05, 0.1) is 5.48 Å². The minimum Gasteiger partial charge on any atom is -0.369 e. The third-order valence-corrected chi connectivity index (χ3v) is 1.95. The molecule has 76 valence electrons. The molecule has 0 saturated carbocycles. The number of rotatable bonds is 1. The van der Waals surface area contributed by atoms with E-state index >= 15 is 0 Å². The van der Waals surface area contributed by atoms with Gasteiger partial charge < -0.3 is 9.80 Å². The van der Waals surface area contributed by atoms with E-state index in [0.29, 0.717) is 0 Å². The van der Waals surface area contributed by atoms with E-state index in [0.717, 1.165) is 0 Å². The number of piperazine rings is 1. The normalized spacial score (nSPS) is 45.5. The number of likely N-dealkylation sites (N-methyl/N-ethyl adjacent to an activating group) is 1. The number of nitrogens with zero attached hydrogens (tertiary/aromatic N) is 3. The van der Waals surface area contributed by atoms with Crippen molar-refractivity contribution in [2.24, 2.45) is 0 Å². The highest BCUT2D eigenvalue weighted by molar-refractivity contribution is 9.10. The summed E-state index contributed by atoms with van der Waals surface area (Å²) in [5, 5.41) is 0. The third kappa shape index (κ3) is 2.25. The molecule has 1 aliphatic rings. The number of aromatic nitrogens is 1. The minimum absolute atomic E-state index is 0.191. The van der Waals surface area contributed by atoms with Crippen LogP contribution in [0.4, 0.5) is 5.69 Å². The number of hydrogen-bond donors (Lipinski definition) is 0. The van der Waals surface area contributed by atoms with Crippen molar-refractivity contribution in [3.05, 3.63) is 22.9 Å². The smallest absolute Gasteiger partial charge is 0.108 e. The van der Waals surface area contributed by atoms with Crippen LogP contribution in [0.25, 0.3) is 0 Å². The molecule has 0 N–H and O–H groups in total. The molecule has 0 bridgehead atoms. The maximum Gasteiger partial charge on any atom is 0.108 e. The Bertz CT molecular complexity index is 646. The molecule has 1 fully saturated rings. The highest BCUT2D eigenvalue weighted by Crippen LogP contribution is 2.18. The Kier molecular flexibility index (Phi) is 0.974. The molecule has 0 aromatic carbocycles. The van der Waals surface area contributed by atoms with E-state index in [2.05, 4.69) is 20.9 Å². The molecule has 0 aliphatic carbocycles. The fraction of sp³-hybridized carbons (Fsp3) is 0.500. The largest absolute Gasteiger partial charge is 0.369 e. The summed E-state index contributed by atoms with van der Waals surface area (Å²) < 4.78 is 86.8. The van der Waals surface area contributed by atoms with Crippen LogP contribution in [0.15, 0.2) is 22.9 Å². The van der Waals surface area contributed by atoms with Crippen LogP contribution in [0.3, 0.4) is 0 Å². The fourth-order valence-corrected chi connectivity index (χ4v) is 1.27. The highest BCUT2D eigenvalue weighted by atomic mass is 79.9. The van der Waals surface area contributed by atoms with Gasteiger partial charge in [0.1, 0.15) is 4.60 Å². The Morgan fingerprint density at radius 1 is 1.50 bits per heavy atom. The van der Waals surface area contributed by atoms with Crippen LogP contribution in [0.5, 0.6) is 0 Å². The molecule has 2 heterocycles. The first-order valence-electron chi connectivity index (χ1n) is 9.21. The molecule has 0 atom stereocenters. The zero-order valence-corrected chi connectivity index (χ0v) is 8.54. The number of halogens is 1. The van der Waals surface area contributed by atoms with Crippen molar-refractivity contribution in [2.45, 2.75) is 0 Å². The lowest BCUT2D eigenvalue weighted by Crippen LogP contribution is -2.44. The molecular formula is C10H14BrN3. The van der Waals surface area contributed by atoms with Gasteiger partial charge in [0.25, 0.3) is 0 Å². The van der Waals surface area contributed by atoms with Crippen molar-refractivity contribution < 1.29 is 15.1 Å². The first-order valence-corrected chi connectivity index (χ1v) is 4.50. The fourth-order valence-electron chi connectivity index (χ4n) is 0.916. The van der Waals surface area contributed by atoms with Crippen molar-refractivity contribution in [3.63, 3.8) is 0 Å². The SMILES string of the molecule is [2H]C([2H])([2H])N1C([2H])([2H])C([2H])([2H])N(c2ccnc(Br)c2)C([2H])([2H])C1([2H])[2H]. The quantitative estimate of drug-likeness (QED) is 0.720. The minimum atomic E-state index is -3.42. The summed E-state index contributed by atoms with van der Waals surface area (Å²) in [6.07, 6.45) is 1.20. The summed E-state index contributed by atoms with van der Waals surface area (Å²) in [4.78, 5) is 3.73. The maximum absolute atomic E-state index is 8.12. The second kappa shape index (κ2) is 4.28. The third-order valence-electron chi connectivity index (χ3n) is 1.52. The van der Waals surface area contributed by atoms with Crippen molar-refractivity contribution >= 4 is 21.6 Å². The Morgan fingerprint density at radius 2 is 2.29 bits per heavy atom. The Morgan fingerprint density at radius 3 is 2.93 bits per heavy atom. The van der Waals surface area contributed by atoms with Crippen molar-refractivity contribution in [1.29, 1.82) is 0 Å². The van der Waals surface area contributed by atoms with Gasteiger partial charge in [0.15, 0.2) is 0 Å². The predicted octanol–water partition coefficient (Wildman–Crippen LogP) is 1.60. The molecule has 1 aromatic heterocycles. The number of hydrogen-bond acceptors (Lipinski definition) is 3. The van der Waals surface area contributed by atoms with Gasteiger partial charge >= 0.3 is 0 Å². The van der Waals surface area contributed by atoms with E-state index in [1.165, 1.54) is 18.3 Å². The summed E-state index contributed by atoms with van der Waals surface area (Å²) in [6, 6.07) is 2.37. The van der Waals surface area contributed by atoms with Crippen LogP contribution in [-0.2, 0) is 0 Å². The van der Waals surface area contributed by atoms with E-state index in [1.807, 2.05) is 0 Å². The molecule has 0 spiro atoms. The summed E-state index contributed by atoms with van der Waals surface area (Å²) >= 11 is 3.03. The lowest BCUT2D eigenvalue weighted by Gasteiger charge is -2.33. The summed E-state index contributed by atoms with van der Waals surface area (Å²) in [7, 11) is 0. The van der Waals surface area contributed by atoms with Crippen molar-refractivity contribution in [3.8, 4) is 0 Å². The van der Waals surface area contributed by atoms with Crippen molar-refractivity contribution in [2.75, 3.05) is 37.9 Å². The number of pyridine rings is 1. The van der Waals surface area contributed by atoms with E-state index in [4.69, 9.17) is 15.1 Å². The van der Waals surface area contributed by atoms with Gasteiger partial charge in [-0.05, 0) is 35.0 Å². The summed E-state index contributed by atoms with van der Waals surface area (Å²) in [6.45, 7) is -16.6. The van der Waals surface area contributed by atoms with Crippen LogP contribution >= 0.6 is 15.9 Å². The summed E-state index contributed by atoms with van der Waals surface area (Å²) in [5.74, 6) is 0. The van der Waals surface area contributed by atoms with Crippen LogP contribution in [0.2, 0.25) is 0 Å². The van der Waals surface area contributed by atoms with Crippen molar-refractivity contribution in [1.82, 2.24) is 9.88 Å². The number of anilines is 1. The van der Waals surface area contributed by atoms with Gasteiger partial charge in [-0.2, -0.15) is 0 Å². The Labute approximate surface area is 108 Å². The average Bonchev–Trinajstić information content (AvgIpc) is 2.33. The van der Waals surface area contributed by atoms with Crippen LogP contribution in [-0.4, -0.2) is 42.8 Å². The molecule has 1 saturated heterocycles. The second-order valence-electron chi connectivity index (χ2n) is 2.45. The average molecular weight is 267 g/mol. The molecule has 3 nitrogen and oxygen atoms in total. The molecule has 0 radical (unpaired) electrons. The lowest BCUT2D eigenvalue weighted by molar-refractivity contribution is 0.313. The van der Waals surface area contributed by atoms with Crippen LogP contribution in [0, 0.1) is 0 Å². The monoisotopic (exact) mass is 266 g/mol. The highest BCUT2D eigenvalue weighted by Gasteiger charge is 2.13. The van der Waals surface area contributed by atoms with E-state index in [-0.39, 0.29) is 20.1 Å². The second-order valence-corrected chi connectivity index (χ2v) is 3.27. The molecule has 4 heteroatoms. The van der Waals surface area contributed by atoms with Crippen LogP contribution < -0.4 is 4.90 Å². The van der Waals surface area contributed by atoms with Gasteiger partial charge in [0.2, 0.25) is 0 Å². The molecule has 1 aliphatic heterocycles. The topological polar surface area (TPSA) is 19.4 Å². The van der Waals surface area contributed by atoms with Gasteiger partial charge in [-0.1, -0.05) is 0 Å². The standard InChI is InChI=1S/C10H14BrN3/c1-13-4-6-14(7-5-13)9-2-3-12-10(11)8-9/h2-3,8H,4-7H2,1H3/i1D3,4D2,5D2,6D2,7D2.